The van der Waals surface area contributed by atoms with Crippen molar-refractivity contribution in [2.75, 3.05) is 18.8 Å². The van der Waals surface area contributed by atoms with Crippen LogP contribution in [0.5, 0.6) is 0 Å². The first-order valence-electron chi connectivity index (χ1n) is 4.75. The van der Waals surface area contributed by atoms with Gasteiger partial charge in [0.15, 0.2) is 0 Å². The maximum absolute atomic E-state index is 11.8. The molecule has 0 aliphatic rings. The van der Waals surface area contributed by atoms with Gasteiger partial charge in [0, 0.05) is 17.6 Å². The summed E-state index contributed by atoms with van der Waals surface area (Å²) in [7, 11) is -1.33. The molecule has 6 heteroatoms. The number of hydrogen-bond acceptors (Lipinski definition) is 3. The van der Waals surface area contributed by atoms with Crippen molar-refractivity contribution in [3.8, 4) is 0 Å². The molecule has 1 atom stereocenters. The van der Waals surface area contributed by atoms with Crippen LogP contribution in [-0.4, -0.2) is 29.0 Å². The number of amides is 1. The molecule has 0 heterocycles. The third-order valence-electron chi connectivity index (χ3n) is 1.81. The number of carbonyl (C=O) groups is 1. The van der Waals surface area contributed by atoms with Gasteiger partial charge < -0.3 is 11.1 Å². The Morgan fingerprint density at radius 1 is 1.44 bits per heavy atom. The van der Waals surface area contributed by atoms with E-state index < -0.39 is 10.8 Å². The van der Waals surface area contributed by atoms with Gasteiger partial charge in [-0.2, -0.15) is 0 Å². The summed E-state index contributed by atoms with van der Waals surface area (Å²) >= 11 is 3.29. The lowest BCUT2D eigenvalue weighted by atomic mass is 10.4. The smallest absolute Gasteiger partial charge is 0.233 e. The molecular weight excluding hydrogens is 292 g/mol. The van der Waals surface area contributed by atoms with Crippen molar-refractivity contribution >= 4 is 32.6 Å². The van der Waals surface area contributed by atoms with Gasteiger partial charge in [-0.05, 0) is 28.1 Å². The molecule has 0 bridgehead atoms. The molecule has 0 saturated carbocycles. The second kappa shape index (κ2) is 6.78. The molecule has 0 radical (unpaired) electrons. The highest BCUT2D eigenvalue weighted by molar-refractivity contribution is 9.10. The van der Waals surface area contributed by atoms with Crippen molar-refractivity contribution < 1.29 is 9.00 Å². The summed E-state index contributed by atoms with van der Waals surface area (Å²) in [5.74, 6) is -0.290. The van der Waals surface area contributed by atoms with E-state index in [2.05, 4.69) is 21.2 Å². The van der Waals surface area contributed by atoms with Crippen LogP contribution in [0.2, 0.25) is 0 Å². The molecule has 4 nitrogen and oxygen atoms in total. The number of hydrogen-bond donors (Lipinski definition) is 2. The highest BCUT2D eigenvalue weighted by Gasteiger charge is 2.11. The van der Waals surface area contributed by atoms with Crippen LogP contribution in [0, 0.1) is 0 Å². The maximum atomic E-state index is 11.8. The first-order valence-corrected chi connectivity index (χ1v) is 6.86. The highest BCUT2D eigenvalue weighted by atomic mass is 79.9. The normalized spacial score (nSPS) is 12.1. The number of carbonyl (C=O) groups excluding carboxylic acids is 1. The Hall–Kier alpha value is -0.720. The largest absolute Gasteiger partial charge is 0.354 e. The molecule has 0 spiro atoms. The number of benzene rings is 1. The second-order valence-electron chi connectivity index (χ2n) is 3.06. The molecule has 0 aliphatic carbocycles. The lowest BCUT2D eigenvalue weighted by Gasteiger charge is -2.05. The van der Waals surface area contributed by atoms with E-state index in [1.807, 2.05) is 6.07 Å². The van der Waals surface area contributed by atoms with Crippen LogP contribution in [0.15, 0.2) is 33.6 Å². The molecule has 88 valence electrons. The van der Waals surface area contributed by atoms with Crippen molar-refractivity contribution in [2.45, 2.75) is 4.90 Å². The molecule has 0 aliphatic heterocycles. The summed E-state index contributed by atoms with van der Waals surface area (Å²) < 4.78 is 12.6. The molecule has 1 amide bonds. The first-order chi connectivity index (χ1) is 7.65. The van der Waals surface area contributed by atoms with Gasteiger partial charge in [-0.1, -0.05) is 12.1 Å². The van der Waals surface area contributed by atoms with Gasteiger partial charge in [-0.25, -0.2) is 0 Å². The fourth-order valence-corrected chi connectivity index (χ4v) is 2.93. The van der Waals surface area contributed by atoms with E-state index in [1.165, 1.54) is 0 Å². The number of halogens is 1. The van der Waals surface area contributed by atoms with Crippen molar-refractivity contribution in [1.82, 2.24) is 5.32 Å². The molecule has 3 N–H and O–H groups in total. The average molecular weight is 305 g/mol. The van der Waals surface area contributed by atoms with Crippen LogP contribution in [0.3, 0.4) is 0 Å². The van der Waals surface area contributed by atoms with E-state index in [1.54, 1.807) is 18.2 Å². The lowest BCUT2D eigenvalue weighted by molar-refractivity contribution is -0.118. The van der Waals surface area contributed by atoms with Gasteiger partial charge in [0.1, 0.15) is 5.75 Å². The van der Waals surface area contributed by atoms with Crippen LogP contribution in [0.1, 0.15) is 0 Å². The standard InChI is InChI=1S/C10H13BrN2O2S/c11-8-3-1-2-4-9(8)16(15)7-10(14)13-6-5-12/h1-4H,5-7,12H2,(H,13,14). The van der Waals surface area contributed by atoms with Crippen molar-refractivity contribution in [3.63, 3.8) is 0 Å². The molecule has 0 saturated heterocycles. The average Bonchev–Trinajstić information content (AvgIpc) is 2.26. The Morgan fingerprint density at radius 2 is 2.12 bits per heavy atom. The van der Waals surface area contributed by atoms with Gasteiger partial charge in [0.25, 0.3) is 0 Å². The quantitative estimate of drug-likeness (QED) is 0.838. The molecule has 16 heavy (non-hydrogen) atoms. The van der Waals surface area contributed by atoms with Crippen molar-refractivity contribution in [2.24, 2.45) is 5.73 Å². The number of nitrogens with two attached hydrogens (primary N) is 1. The number of rotatable bonds is 5. The molecule has 1 aromatic rings. The van der Waals surface area contributed by atoms with E-state index in [0.29, 0.717) is 18.0 Å². The zero-order chi connectivity index (χ0) is 12.0. The minimum Gasteiger partial charge on any atom is -0.354 e. The van der Waals surface area contributed by atoms with Gasteiger partial charge in [0.2, 0.25) is 5.91 Å². The summed E-state index contributed by atoms with van der Waals surface area (Å²) in [6.45, 7) is 0.791. The predicted octanol–water partition coefficient (Wildman–Crippen LogP) is 0.632. The molecule has 1 aromatic carbocycles. The van der Waals surface area contributed by atoms with Gasteiger partial charge in [0.05, 0.1) is 15.7 Å². The number of nitrogens with one attached hydrogen (secondary N) is 1. The highest BCUT2D eigenvalue weighted by Crippen LogP contribution is 2.19. The first kappa shape index (κ1) is 13.3. The Bertz CT molecular complexity index is 398. The molecule has 0 fully saturated rings. The fraction of sp³-hybridized carbons (Fsp3) is 0.300. The third kappa shape index (κ3) is 4.03. The Morgan fingerprint density at radius 3 is 2.75 bits per heavy atom. The summed E-state index contributed by atoms with van der Waals surface area (Å²) in [5, 5.41) is 2.58. The molecular formula is C10H13BrN2O2S. The zero-order valence-corrected chi connectivity index (χ0v) is 11.0. The summed E-state index contributed by atoms with van der Waals surface area (Å²) in [6, 6.07) is 7.15. The second-order valence-corrected chi connectivity index (χ2v) is 5.33. The Labute approximate surface area is 105 Å². The summed E-state index contributed by atoms with van der Waals surface area (Å²) in [5.41, 5.74) is 5.24. The minimum absolute atomic E-state index is 0.0391. The monoisotopic (exact) mass is 304 g/mol. The van der Waals surface area contributed by atoms with Crippen LogP contribution in [0.4, 0.5) is 0 Å². The van der Waals surface area contributed by atoms with E-state index in [9.17, 15) is 9.00 Å². The molecule has 1 unspecified atom stereocenters. The Balaban J connectivity index is 2.59. The summed E-state index contributed by atoms with van der Waals surface area (Å²) in [6.07, 6.45) is 0. The Kier molecular flexibility index (Phi) is 5.65. The topological polar surface area (TPSA) is 72.2 Å². The van der Waals surface area contributed by atoms with E-state index >= 15 is 0 Å². The fourth-order valence-electron chi connectivity index (χ4n) is 1.09. The van der Waals surface area contributed by atoms with E-state index in [0.717, 1.165) is 4.47 Å². The van der Waals surface area contributed by atoms with Crippen LogP contribution in [-0.2, 0) is 15.6 Å². The third-order valence-corrected chi connectivity index (χ3v) is 4.14. The van der Waals surface area contributed by atoms with Crippen molar-refractivity contribution in [3.05, 3.63) is 28.7 Å². The SMILES string of the molecule is NCCNC(=O)CS(=O)c1ccccc1Br. The van der Waals surface area contributed by atoms with E-state index in [4.69, 9.17) is 5.73 Å². The zero-order valence-electron chi connectivity index (χ0n) is 8.61. The lowest BCUT2D eigenvalue weighted by Crippen LogP contribution is -2.32. The molecule has 0 aromatic heterocycles. The summed E-state index contributed by atoms with van der Waals surface area (Å²) in [4.78, 5) is 12.0. The molecule has 1 rings (SSSR count). The van der Waals surface area contributed by atoms with Crippen LogP contribution >= 0.6 is 15.9 Å². The van der Waals surface area contributed by atoms with Crippen LogP contribution in [0.25, 0.3) is 0 Å². The van der Waals surface area contributed by atoms with Crippen LogP contribution < -0.4 is 11.1 Å². The van der Waals surface area contributed by atoms with Gasteiger partial charge >= 0.3 is 0 Å². The van der Waals surface area contributed by atoms with Gasteiger partial charge in [-0.15, -0.1) is 0 Å². The van der Waals surface area contributed by atoms with E-state index in [-0.39, 0.29) is 11.7 Å². The maximum Gasteiger partial charge on any atom is 0.233 e. The minimum atomic E-state index is -1.33. The van der Waals surface area contributed by atoms with Gasteiger partial charge in [-0.3, -0.25) is 9.00 Å². The van der Waals surface area contributed by atoms with Crippen molar-refractivity contribution in [1.29, 1.82) is 0 Å². The predicted molar refractivity (Wildman–Crippen MR) is 67.5 cm³/mol.